The lowest BCUT2D eigenvalue weighted by Gasteiger charge is -2.05. The maximum absolute atomic E-state index is 11.6. The Morgan fingerprint density at radius 3 is 2.75 bits per heavy atom. The first kappa shape index (κ1) is 17.3. The number of ether oxygens (including phenoxy) is 1. The lowest BCUT2D eigenvalue weighted by molar-refractivity contribution is 0.112. The van der Waals surface area contributed by atoms with Crippen molar-refractivity contribution in [3.05, 3.63) is 70.8 Å². The van der Waals surface area contributed by atoms with Crippen molar-refractivity contribution in [1.82, 2.24) is 5.32 Å². The molecule has 1 N–H and O–H groups in total. The second kappa shape index (κ2) is 9.16. The van der Waals surface area contributed by atoms with Gasteiger partial charge in [0.25, 0.3) is 0 Å². The van der Waals surface area contributed by atoms with E-state index in [1.807, 2.05) is 49.4 Å². The van der Waals surface area contributed by atoms with Crippen LogP contribution in [0.2, 0.25) is 0 Å². The number of aryl methyl sites for hydroxylation is 1. The summed E-state index contributed by atoms with van der Waals surface area (Å²) >= 11 is 0. The highest BCUT2D eigenvalue weighted by Gasteiger charge is 2.01. The van der Waals surface area contributed by atoms with E-state index in [1.165, 1.54) is 0 Å². The van der Waals surface area contributed by atoms with E-state index >= 15 is 0 Å². The summed E-state index contributed by atoms with van der Waals surface area (Å²) in [6.45, 7) is 2.56. The maximum atomic E-state index is 11.6. The first-order valence-electron chi connectivity index (χ1n) is 7.68. The van der Waals surface area contributed by atoms with Crippen molar-refractivity contribution in [2.24, 2.45) is 0 Å². The van der Waals surface area contributed by atoms with Crippen LogP contribution in [0.4, 0.5) is 4.79 Å². The summed E-state index contributed by atoms with van der Waals surface area (Å²) in [6, 6.07) is 15.0. The molecule has 0 heterocycles. The SMILES string of the molecule is Cc1ccc(C#CCCNC(=O)OCc2ccccc2)c(C=O)c1. The molecule has 0 saturated heterocycles. The Morgan fingerprint density at radius 1 is 1.21 bits per heavy atom. The van der Waals surface area contributed by atoms with E-state index in [9.17, 15) is 9.59 Å². The minimum atomic E-state index is -0.468. The number of benzene rings is 2. The van der Waals surface area contributed by atoms with Crippen molar-refractivity contribution in [3.63, 3.8) is 0 Å². The summed E-state index contributed by atoms with van der Waals surface area (Å²) in [5.41, 5.74) is 3.23. The summed E-state index contributed by atoms with van der Waals surface area (Å²) in [5, 5.41) is 2.64. The number of carbonyl (C=O) groups is 2. The van der Waals surface area contributed by atoms with Crippen molar-refractivity contribution in [2.45, 2.75) is 20.0 Å². The lowest BCUT2D eigenvalue weighted by atomic mass is 10.1. The standard InChI is InChI=1S/C20H19NO3/c1-16-10-11-18(19(13-16)14-22)9-5-6-12-21-20(23)24-15-17-7-3-2-4-8-17/h2-4,7-8,10-11,13-14H,6,12,15H2,1H3,(H,21,23). The highest BCUT2D eigenvalue weighted by Crippen LogP contribution is 2.08. The fourth-order valence-corrected chi connectivity index (χ4v) is 2.05. The molecule has 122 valence electrons. The first-order valence-corrected chi connectivity index (χ1v) is 7.68. The summed E-state index contributed by atoms with van der Waals surface area (Å²) in [7, 11) is 0. The second-order valence-corrected chi connectivity index (χ2v) is 5.25. The van der Waals surface area contributed by atoms with Gasteiger partial charge in [-0.3, -0.25) is 4.79 Å². The molecule has 2 aromatic rings. The molecule has 0 aromatic heterocycles. The van der Waals surface area contributed by atoms with E-state index < -0.39 is 6.09 Å². The minimum absolute atomic E-state index is 0.240. The normalized spacial score (nSPS) is 9.54. The molecule has 0 aliphatic carbocycles. The molecule has 4 heteroatoms. The van der Waals surface area contributed by atoms with Crippen LogP contribution >= 0.6 is 0 Å². The molecule has 2 rings (SSSR count). The molecule has 0 atom stereocenters. The van der Waals surface area contributed by atoms with Crippen LogP contribution in [-0.2, 0) is 11.3 Å². The molecule has 0 unspecified atom stereocenters. The molecule has 1 amide bonds. The van der Waals surface area contributed by atoms with Crippen molar-refractivity contribution in [2.75, 3.05) is 6.54 Å². The molecule has 0 spiro atoms. The Balaban J connectivity index is 1.73. The first-order chi connectivity index (χ1) is 11.7. The molecule has 24 heavy (non-hydrogen) atoms. The van der Waals surface area contributed by atoms with Crippen molar-refractivity contribution < 1.29 is 14.3 Å². The van der Waals surface area contributed by atoms with Gasteiger partial charge in [-0.05, 0) is 24.6 Å². The summed E-state index contributed by atoms with van der Waals surface area (Å²) in [5.74, 6) is 5.90. The minimum Gasteiger partial charge on any atom is -0.445 e. The predicted molar refractivity (Wildman–Crippen MR) is 92.7 cm³/mol. The van der Waals surface area contributed by atoms with Crippen LogP contribution in [0.5, 0.6) is 0 Å². The Hall–Kier alpha value is -3.06. The smallest absolute Gasteiger partial charge is 0.407 e. The van der Waals surface area contributed by atoms with E-state index in [4.69, 9.17) is 4.74 Å². The second-order valence-electron chi connectivity index (χ2n) is 5.25. The summed E-state index contributed by atoms with van der Waals surface area (Å²) in [4.78, 5) is 22.6. The number of rotatable bonds is 5. The third kappa shape index (κ3) is 5.62. The molecule has 4 nitrogen and oxygen atoms in total. The van der Waals surface area contributed by atoms with Gasteiger partial charge in [-0.25, -0.2) is 4.79 Å². The molecule has 2 aromatic carbocycles. The van der Waals surface area contributed by atoms with E-state index in [0.717, 1.165) is 17.4 Å². The van der Waals surface area contributed by atoms with Gasteiger partial charge in [0.15, 0.2) is 6.29 Å². The highest BCUT2D eigenvalue weighted by atomic mass is 16.5. The number of carbonyl (C=O) groups excluding carboxylic acids is 2. The molecule has 0 aliphatic heterocycles. The van der Waals surface area contributed by atoms with Crippen molar-refractivity contribution >= 4 is 12.4 Å². The molecular formula is C20H19NO3. The molecule has 0 radical (unpaired) electrons. The van der Waals surface area contributed by atoms with Gasteiger partial charge in [0.2, 0.25) is 0 Å². The number of hydrogen-bond donors (Lipinski definition) is 1. The van der Waals surface area contributed by atoms with Gasteiger partial charge in [-0.15, -0.1) is 0 Å². The van der Waals surface area contributed by atoms with Crippen LogP contribution < -0.4 is 5.32 Å². The van der Waals surface area contributed by atoms with Gasteiger partial charge in [0, 0.05) is 24.1 Å². The lowest BCUT2D eigenvalue weighted by Crippen LogP contribution is -2.24. The van der Waals surface area contributed by atoms with Gasteiger partial charge in [0.05, 0.1) is 0 Å². The van der Waals surface area contributed by atoms with E-state index in [0.29, 0.717) is 24.1 Å². The van der Waals surface area contributed by atoms with Gasteiger partial charge >= 0.3 is 6.09 Å². The van der Waals surface area contributed by atoms with Crippen molar-refractivity contribution in [1.29, 1.82) is 0 Å². The number of nitrogens with one attached hydrogen (secondary N) is 1. The third-order valence-corrected chi connectivity index (χ3v) is 3.29. The van der Waals surface area contributed by atoms with E-state index in [2.05, 4.69) is 17.2 Å². The largest absolute Gasteiger partial charge is 0.445 e. The van der Waals surface area contributed by atoms with E-state index in [-0.39, 0.29) is 6.61 Å². The van der Waals surface area contributed by atoms with Gasteiger partial charge in [0.1, 0.15) is 6.61 Å². The molecule has 0 aliphatic rings. The zero-order valence-corrected chi connectivity index (χ0v) is 13.5. The van der Waals surface area contributed by atoms with Crippen LogP contribution in [0.15, 0.2) is 48.5 Å². The van der Waals surface area contributed by atoms with Crippen LogP contribution in [0.25, 0.3) is 0 Å². The number of aldehydes is 1. The Morgan fingerprint density at radius 2 is 2.00 bits per heavy atom. The topological polar surface area (TPSA) is 55.4 Å². The van der Waals surface area contributed by atoms with Crippen LogP contribution in [0.3, 0.4) is 0 Å². The van der Waals surface area contributed by atoms with Gasteiger partial charge in [-0.2, -0.15) is 0 Å². The maximum Gasteiger partial charge on any atom is 0.407 e. The average Bonchev–Trinajstić information content (AvgIpc) is 2.61. The monoisotopic (exact) mass is 321 g/mol. The molecule has 0 bridgehead atoms. The fourth-order valence-electron chi connectivity index (χ4n) is 2.05. The fraction of sp³-hybridized carbons (Fsp3) is 0.200. The molecule has 0 fully saturated rings. The van der Waals surface area contributed by atoms with Crippen LogP contribution in [-0.4, -0.2) is 18.9 Å². The zero-order chi connectivity index (χ0) is 17.2. The highest BCUT2D eigenvalue weighted by molar-refractivity contribution is 5.79. The number of amides is 1. The van der Waals surface area contributed by atoms with Gasteiger partial charge in [-0.1, -0.05) is 53.8 Å². The summed E-state index contributed by atoms with van der Waals surface area (Å²) < 4.78 is 5.10. The van der Waals surface area contributed by atoms with E-state index in [1.54, 1.807) is 6.07 Å². The molecule has 0 saturated carbocycles. The third-order valence-electron chi connectivity index (χ3n) is 3.29. The Bertz CT molecular complexity index is 757. The van der Waals surface area contributed by atoms with Crippen LogP contribution in [0.1, 0.15) is 33.5 Å². The van der Waals surface area contributed by atoms with Crippen LogP contribution in [0, 0.1) is 18.8 Å². The van der Waals surface area contributed by atoms with Gasteiger partial charge < -0.3 is 10.1 Å². The van der Waals surface area contributed by atoms with Crippen molar-refractivity contribution in [3.8, 4) is 11.8 Å². The summed E-state index contributed by atoms with van der Waals surface area (Å²) in [6.07, 6.45) is 0.813. The predicted octanol–water partition coefficient (Wildman–Crippen LogP) is 3.48. The number of hydrogen-bond acceptors (Lipinski definition) is 3. The molecular weight excluding hydrogens is 302 g/mol. The Kier molecular flexibility index (Phi) is 6.60. The average molecular weight is 321 g/mol. The number of alkyl carbamates (subject to hydrolysis) is 1. The quantitative estimate of drug-likeness (QED) is 0.521. The Labute approximate surface area is 141 Å². The zero-order valence-electron chi connectivity index (χ0n) is 13.5.